The molecule has 31 heavy (non-hydrogen) atoms. The molecule has 160 valence electrons. The van der Waals surface area contributed by atoms with Gasteiger partial charge in [-0.15, -0.1) is 0 Å². The third-order valence-corrected chi connectivity index (χ3v) is 6.66. The summed E-state index contributed by atoms with van der Waals surface area (Å²) in [6.07, 6.45) is 3.18. The number of benzene rings is 2. The van der Waals surface area contributed by atoms with Crippen molar-refractivity contribution in [1.82, 2.24) is 9.80 Å². The van der Waals surface area contributed by atoms with Crippen molar-refractivity contribution in [3.63, 3.8) is 0 Å². The van der Waals surface area contributed by atoms with Gasteiger partial charge in [0, 0.05) is 36.8 Å². The first-order chi connectivity index (χ1) is 15.2. The second-order valence-electron chi connectivity index (χ2n) is 8.44. The van der Waals surface area contributed by atoms with Crippen molar-refractivity contribution in [1.29, 1.82) is 0 Å². The van der Waals surface area contributed by atoms with Crippen LogP contribution in [0.3, 0.4) is 0 Å². The Hall–Kier alpha value is -3.28. The minimum absolute atomic E-state index is 0.0644. The van der Waals surface area contributed by atoms with Crippen LogP contribution in [0, 0.1) is 5.92 Å². The van der Waals surface area contributed by atoms with Gasteiger partial charge in [0.2, 0.25) is 0 Å². The Morgan fingerprint density at radius 1 is 1.13 bits per heavy atom. The Labute approximate surface area is 182 Å². The second kappa shape index (κ2) is 8.10. The van der Waals surface area contributed by atoms with Crippen LogP contribution in [0.1, 0.15) is 46.4 Å². The van der Waals surface area contributed by atoms with Gasteiger partial charge in [0.25, 0.3) is 5.91 Å². The van der Waals surface area contributed by atoms with Crippen molar-refractivity contribution in [2.24, 2.45) is 5.92 Å². The molecular formula is C25H27N3O3. The lowest BCUT2D eigenvalue weighted by Gasteiger charge is -2.40. The molecule has 3 heterocycles. The highest BCUT2D eigenvalue weighted by Gasteiger charge is 2.47. The van der Waals surface area contributed by atoms with Gasteiger partial charge in [-0.1, -0.05) is 43.0 Å². The van der Waals surface area contributed by atoms with Crippen LogP contribution in [0.4, 0.5) is 10.5 Å². The maximum absolute atomic E-state index is 12.9. The summed E-state index contributed by atoms with van der Waals surface area (Å²) >= 11 is 0. The summed E-state index contributed by atoms with van der Waals surface area (Å²) in [5.41, 5.74) is 3.85. The predicted molar refractivity (Wildman–Crippen MR) is 119 cm³/mol. The van der Waals surface area contributed by atoms with Gasteiger partial charge in [0.1, 0.15) is 6.61 Å². The fourth-order valence-corrected chi connectivity index (χ4v) is 5.02. The SMILES string of the molecule is C=CCOC(=O)N1CCC2C(c3ccccc3)Nc3ccc(C(=O)N4CCC4)cc3C21. The first kappa shape index (κ1) is 19.7. The lowest BCUT2D eigenvalue weighted by atomic mass is 9.79. The monoisotopic (exact) mass is 417 g/mol. The largest absolute Gasteiger partial charge is 0.445 e. The minimum Gasteiger partial charge on any atom is -0.445 e. The molecule has 0 radical (unpaired) electrons. The molecule has 3 aliphatic rings. The van der Waals surface area contributed by atoms with E-state index in [4.69, 9.17) is 4.74 Å². The molecule has 6 nitrogen and oxygen atoms in total. The van der Waals surface area contributed by atoms with Crippen LogP contribution in [0.25, 0.3) is 0 Å². The van der Waals surface area contributed by atoms with Crippen molar-refractivity contribution in [3.05, 3.63) is 77.9 Å². The molecule has 3 unspecified atom stereocenters. The Bertz CT molecular complexity index is 1000. The zero-order chi connectivity index (χ0) is 21.4. The molecule has 0 aromatic heterocycles. The lowest BCUT2D eigenvalue weighted by molar-refractivity contribution is 0.0651. The number of amides is 2. The summed E-state index contributed by atoms with van der Waals surface area (Å²) in [4.78, 5) is 29.4. The van der Waals surface area contributed by atoms with Crippen molar-refractivity contribution >= 4 is 17.7 Å². The number of carbonyl (C=O) groups is 2. The summed E-state index contributed by atoms with van der Waals surface area (Å²) in [5.74, 6) is 0.259. The smallest absolute Gasteiger partial charge is 0.410 e. The fraction of sp³-hybridized carbons (Fsp3) is 0.360. The maximum atomic E-state index is 12.9. The van der Waals surface area contributed by atoms with Gasteiger partial charge >= 0.3 is 6.09 Å². The molecule has 0 spiro atoms. The zero-order valence-corrected chi connectivity index (χ0v) is 17.5. The molecule has 0 aliphatic carbocycles. The van der Waals surface area contributed by atoms with Crippen molar-refractivity contribution in [2.75, 3.05) is 31.6 Å². The van der Waals surface area contributed by atoms with E-state index in [0.29, 0.717) is 12.1 Å². The highest BCUT2D eigenvalue weighted by Crippen LogP contribution is 2.51. The second-order valence-corrected chi connectivity index (χ2v) is 8.44. The highest BCUT2D eigenvalue weighted by molar-refractivity contribution is 5.95. The zero-order valence-electron chi connectivity index (χ0n) is 17.5. The van der Waals surface area contributed by atoms with E-state index in [1.807, 2.05) is 46.2 Å². The summed E-state index contributed by atoms with van der Waals surface area (Å²) in [6, 6.07) is 16.2. The number of hydrogen-bond acceptors (Lipinski definition) is 4. The van der Waals surface area contributed by atoms with Gasteiger partial charge in [-0.05, 0) is 42.2 Å². The molecule has 5 rings (SSSR count). The van der Waals surface area contributed by atoms with E-state index >= 15 is 0 Å². The van der Waals surface area contributed by atoms with Gasteiger partial charge in [0.15, 0.2) is 0 Å². The van der Waals surface area contributed by atoms with Gasteiger partial charge in [0.05, 0.1) is 12.1 Å². The molecule has 1 N–H and O–H groups in total. The molecule has 3 atom stereocenters. The van der Waals surface area contributed by atoms with E-state index in [1.54, 1.807) is 6.08 Å². The van der Waals surface area contributed by atoms with Gasteiger partial charge in [-0.2, -0.15) is 0 Å². The van der Waals surface area contributed by atoms with Gasteiger partial charge in [-0.3, -0.25) is 4.79 Å². The number of hydrogen-bond donors (Lipinski definition) is 1. The molecule has 2 aromatic rings. The van der Waals surface area contributed by atoms with Crippen molar-refractivity contribution in [2.45, 2.75) is 24.9 Å². The van der Waals surface area contributed by atoms with E-state index in [1.165, 1.54) is 5.56 Å². The summed E-state index contributed by atoms with van der Waals surface area (Å²) in [5, 5.41) is 3.69. The molecule has 3 aliphatic heterocycles. The fourth-order valence-electron chi connectivity index (χ4n) is 5.02. The Morgan fingerprint density at radius 2 is 1.94 bits per heavy atom. The highest BCUT2D eigenvalue weighted by atomic mass is 16.6. The van der Waals surface area contributed by atoms with Crippen LogP contribution in [0.5, 0.6) is 0 Å². The van der Waals surface area contributed by atoms with Crippen LogP contribution in [0.2, 0.25) is 0 Å². The quantitative estimate of drug-likeness (QED) is 0.750. The number of fused-ring (bicyclic) bond motifs is 3. The number of rotatable bonds is 4. The molecule has 0 saturated carbocycles. The summed E-state index contributed by atoms with van der Waals surface area (Å²) in [6.45, 7) is 6.09. The van der Waals surface area contributed by atoms with Gasteiger partial charge < -0.3 is 19.9 Å². The number of ether oxygens (including phenoxy) is 1. The lowest BCUT2D eigenvalue weighted by Crippen LogP contribution is -2.42. The van der Waals surface area contributed by atoms with Crippen molar-refractivity contribution < 1.29 is 14.3 Å². The molecule has 2 aromatic carbocycles. The van der Waals surface area contributed by atoms with Crippen molar-refractivity contribution in [3.8, 4) is 0 Å². The van der Waals surface area contributed by atoms with Crippen LogP contribution in [-0.4, -0.2) is 48.0 Å². The van der Waals surface area contributed by atoms with E-state index in [-0.39, 0.29) is 36.6 Å². The number of nitrogens with zero attached hydrogens (tertiary/aromatic N) is 2. The molecular weight excluding hydrogens is 390 g/mol. The van der Waals surface area contributed by atoms with E-state index in [0.717, 1.165) is 37.2 Å². The van der Waals surface area contributed by atoms with E-state index < -0.39 is 0 Å². The standard InChI is InChI=1S/C25H27N3O3/c1-2-15-31-25(30)28-14-11-19-22(17-7-4-3-5-8-17)26-21-10-9-18(16-20(21)23(19)28)24(29)27-12-6-13-27/h2-5,7-10,16,19,22-23,26H,1,6,11-15H2. The number of carbonyl (C=O) groups excluding carboxylic acids is 2. The van der Waals surface area contributed by atoms with Crippen LogP contribution < -0.4 is 5.32 Å². The van der Waals surface area contributed by atoms with Crippen LogP contribution in [-0.2, 0) is 4.74 Å². The van der Waals surface area contributed by atoms with Crippen LogP contribution >= 0.6 is 0 Å². The van der Waals surface area contributed by atoms with Crippen LogP contribution in [0.15, 0.2) is 61.2 Å². The number of anilines is 1. The summed E-state index contributed by atoms with van der Waals surface area (Å²) < 4.78 is 5.40. The first-order valence-electron chi connectivity index (χ1n) is 11.0. The average Bonchev–Trinajstić information content (AvgIpc) is 3.21. The molecule has 2 fully saturated rings. The minimum atomic E-state index is -0.327. The van der Waals surface area contributed by atoms with Gasteiger partial charge in [-0.25, -0.2) is 4.79 Å². The van der Waals surface area contributed by atoms with E-state index in [2.05, 4.69) is 24.0 Å². The average molecular weight is 418 g/mol. The molecule has 2 amide bonds. The summed E-state index contributed by atoms with van der Waals surface area (Å²) in [7, 11) is 0. The number of nitrogens with one attached hydrogen (secondary N) is 1. The maximum Gasteiger partial charge on any atom is 0.410 e. The molecule has 0 bridgehead atoms. The Balaban J connectivity index is 1.54. The first-order valence-corrected chi connectivity index (χ1v) is 11.0. The third-order valence-electron chi connectivity index (χ3n) is 6.66. The van der Waals surface area contributed by atoms with E-state index in [9.17, 15) is 9.59 Å². The predicted octanol–water partition coefficient (Wildman–Crippen LogP) is 4.38. The third kappa shape index (κ3) is 3.46. The topological polar surface area (TPSA) is 61.9 Å². The molecule has 2 saturated heterocycles. The Morgan fingerprint density at radius 3 is 2.65 bits per heavy atom. The number of likely N-dealkylation sites (tertiary alicyclic amines) is 2. The normalized spacial score (nSPS) is 23.8. The Kier molecular flexibility index (Phi) is 5.14. The molecule has 6 heteroatoms.